The van der Waals surface area contributed by atoms with Gasteiger partial charge in [-0.3, -0.25) is 4.79 Å². The van der Waals surface area contributed by atoms with Gasteiger partial charge in [0.25, 0.3) is 0 Å². The maximum Gasteiger partial charge on any atom is 0.409 e. The molecule has 0 aliphatic carbocycles. The first kappa shape index (κ1) is 22.0. The van der Waals surface area contributed by atoms with Crippen LogP contribution >= 0.6 is 0 Å². The van der Waals surface area contributed by atoms with Crippen LogP contribution in [0.5, 0.6) is 0 Å². The highest BCUT2D eigenvalue weighted by Crippen LogP contribution is 2.25. The monoisotopic (exact) mass is 381 g/mol. The molecule has 2 rings (SSSR count). The van der Waals surface area contributed by atoms with Crippen molar-refractivity contribution < 1.29 is 14.3 Å². The van der Waals surface area contributed by atoms with Crippen molar-refractivity contribution in [1.29, 1.82) is 0 Å². The minimum atomic E-state index is -0.179. The largest absolute Gasteiger partial charge is 0.450 e. The Balaban J connectivity index is 1.80. The van der Waals surface area contributed by atoms with Crippen molar-refractivity contribution in [3.8, 4) is 0 Å². The third kappa shape index (κ3) is 6.09. The van der Waals surface area contributed by atoms with Crippen molar-refractivity contribution in [3.05, 3.63) is 0 Å². The van der Waals surface area contributed by atoms with E-state index in [-0.39, 0.29) is 23.5 Å². The Morgan fingerprint density at radius 3 is 2.33 bits per heavy atom. The summed E-state index contributed by atoms with van der Waals surface area (Å²) in [4.78, 5) is 29.0. The van der Waals surface area contributed by atoms with Crippen LogP contribution in [0.3, 0.4) is 0 Å². The second-order valence-corrected chi connectivity index (χ2v) is 8.95. The van der Waals surface area contributed by atoms with Crippen LogP contribution in [0.25, 0.3) is 0 Å². The van der Waals surface area contributed by atoms with E-state index in [1.165, 1.54) is 0 Å². The minimum absolute atomic E-state index is 0.126. The number of nitrogens with zero attached hydrogens (tertiary/aromatic N) is 2. The number of ether oxygens (including phenoxy) is 1. The Kier molecular flexibility index (Phi) is 7.95. The average molecular weight is 382 g/mol. The van der Waals surface area contributed by atoms with Crippen LogP contribution < -0.4 is 5.32 Å². The van der Waals surface area contributed by atoms with E-state index in [1.54, 1.807) is 0 Å². The summed E-state index contributed by atoms with van der Waals surface area (Å²) in [7, 11) is 0. The molecule has 2 fully saturated rings. The predicted octanol–water partition coefficient (Wildman–Crippen LogP) is 3.26. The molecule has 0 spiro atoms. The van der Waals surface area contributed by atoms with Crippen LogP contribution in [0.15, 0.2) is 0 Å². The summed E-state index contributed by atoms with van der Waals surface area (Å²) in [6, 6.07) is 0.514. The maximum atomic E-state index is 12.6. The number of amides is 2. The van der Waals surface area contributed by atoms with Crippen LogP contribution in [0, 0.1) is 11.8 Å². The normalized spacial score (nSPS) is 23.2. The number of rotatable bonds is 5. The van der Waals surface area contributed by atoms with Gasteiger partial charge in [0.15, 0.2) is 0 Å². The highest BCUT2D eigenvalue weighted by molar-refractivity contribution is 5.79. The molecule has 2 amide bonds. The van der Waals surface area contributed by atoms with E-state index in [0.29, 0.717) is 18.6 Å². The SMILES string of the molecule is CCOC(=O)N1CCCC(N2CCC(C(=O)NC(C)(C)C(C)C)CC2)CC1. The van der Waals surface area contributed by atoms with Crippen LogP contribution in [0.4, 0.5) is 4.79 Å². The van der Waals surface area contributed by atoms with Gasteiger partial charge < -0.3 is 19.9 Å². The Hall–Kier alpha value is -1.30. The molecule has 1 N–H and O–H groups in total. The zero-order valence-corrected chi connectivity index (χ0v) is 17.9. The highest BCUT2D eigenvalue weighted by atomic mass is 16.6. The van der Waals surface area contributed by atoms with Crippen LogP contribution in [-0.4, -0.2) is 66.2 Å². The Morgan fingerprint density at radius 1 is 1.07 bits per heavy atom. The summed E-state index contributed by atoms with van der Waals surface area (Å²) in [5.41, 5.74) is -0.161. The molecule has 2 aliphatic rings. The Bertz CT molecular complexity index is 499. The third-order valence-corrected chi connectivity index (χ3v) is 6.53. The van der Waals surface area contributed by atoms with Gasteiger partial charge >= 0.3 is 6.09 Å². The van der Waals surface area contributed by atoms with Gasteiger partial charge in [-0.1, -0.05) is 13.8 Å². The van der Waals surface area contributed by atoms with Gasteiger partial charge in [0.2, 0.25) is 5.91 Å². The van der Waals surface area contributed by atoms with Crippen LogP contribution in [0.1, 0.15) is 66.7 Å². The van der Waals surface area contributed by atoms with Gasteiger partial charge in [-0.05, 0) is 71.9 Å². The minimum Gasteiger partial charge on any atom is -0.450 e. The number of nitrogens with one attached hydrogen (secondary N) is 1. The lowest BCUT2D eigenvalue weighted by Gasteiger charge is -2.38. The lowest BCUT2D eigenvalue weighted by Crippen LogP contribution is -2.52. The quantitative estimate of drug-likeness (QED) is 0.794. The van der Waals surface area contributed by atoms with Gasteiger partial charge in [-0.15, -0.1) is 0 Å². The van der Waals surface area contributed by atoms with E-state index >= 15 is 0 Å². The second-order valence-electron chi connectivity index (χ2n) is 8.95. The summed E-state index contributed by atoms with van der Waals surface area (Å²) in [6.07, 6.45) is 4.81. The van der Waals surface area contributed by atoms with Gasteiger partial charge in [0.05, 0.1) is 6.61 Å². The van der Waals surface area contributed by atoms with E-state index in [2.05, 4.69) is 37.9 Å². The molecule has 2 saturated heterocycles. The summed E-state index contributed by atoms with van der Waals surface area (Å²) in [5, 5.41) is 3.24. The highest BCUT2D eigenvalue weighted by Gasteiger charge is 2.33. The number of likely N-dealkylation sites (tertiary alicyclic amines) is 2. The number of hydrogen-bond donors (Lipinski definition) is 1. The molecule has 0 bridgehead atoms. The fraction of sp³-hybridized carbons (Fsp3) is 0.905. The average Bonchev–Trinajstić information content (AvgIpc) is 2.88. The molecule has 1 atom stereocenters. The topological polar surface area (TPSA) is 61.9 Å². The molecular weight excluding hydrogens is 342 g/mol. The molecule has 0 aromatic rings. The number of hydrogen-bond acceptors (Lipinski definition) is 4. The molecule has 0 radical (unpaired) electrons. The molecule has 2 heterocycles. The van der Waals surface area contributed by atoms with E-state index < -0.39 is 0 Å². The van der Waals surface area contributed by atoms with Crippen LogP contribution in [-0.2, 0) is 9.53 Å². The number of piperidine rings is 1. The molecule has 6 heteroatoms. The number of carbonyl (C=O) groups excluding carboxylic acids is 2. The maximum absolute atomic E-state index is 12.6. The molecule has 0 saturated carbocycles. The first-order chi connectivity index (χ1) is 12.7. The van der Waals surface area contributed by atoms with E-state index in [4.69, 9.17) is 4.74 Å². The van der Waals surface area contributed by atoms with Gasteiger partial charge in [0.1, 0.15) is 0 Å². The van der Waals surface area contributed by atoms with Crippen molar-refractivity contribution >= 4 is 12.0 Å². The molecule has 0 aromatic heterocycles. The van der Waals surface area contributed by atoms with Crippen molar-refractivity contribution in [1.82, 2.24) is 15.1 Å². The van der Waals surface area contributed by atoms with E-state index in [9.17, 15) is 9.59 Å². The predicted molar refractivity (Wildman–Crippen MR) is 108 cm³/mol. The third-order valence-electron chi connectivity index (χ3n) is 6.53. The molecule has 2 aliphatic heterocycles. The van der Waals surface area contributed by atoms with Gasteiger partial charge in [0, 0.05) is 30.6 Å². The molecule has 27 heavy (non-hydrogen) atoms. The summed E-state index contributed by atoms with van der Waals surface area (Å²) >= 11 is 0. The standard InChI is InChI=1S/C21H39N3O3/c1-6-27-20(26)24-12-7-8-18(11-15-24)23-13-9-17(10-14-23)19(25)22-21(4,5)16(2)3/h16-18H,6-15H2,1-5H3,(H,22,25). The number of carbonyl (C=O) groups is 2. The van der Waals surface area contributed by atoms with Gasteiger partial charge in [-0.25, -0.2) is 4.79 Å². The lowest BCUT2D eigenvalue weighted by molar-refractivity contribution is -0.128. The van der Waals surface area contributed by atoms with Crippen molar-refractivity contribution in [3.63, 3.8) is 0 Å². The first-order valence-corrected chi connectivity index (χ1v) is 10.7. The van der Waals surface area contributed by atoms with Crippen molar-refractivity contribution in [2.24, 2.45) is 11.8 Å². The van der Waals surface area contributed by atoms with Crippen LogP contribution in [0.2, 0.25) is 0 Å². The van der Waals surface area contributed by atoms with E-state index in [0.717, 1.165) is 58.3 Å². The van der Waals surface area contributed by atoms with Crippen molar-refractivity contribution in [2.75, 3.05) is 32.8 Å². The molecule has 156 valence electrons. The van der Waals surface area contributed by atoms with Gasteiger partial charge in [-0.2, -0.15) is 0 Å². The zero-order chi connectivity index (χ0) is 20.0. The molecule has 0 aromatic carbocycles. The Labute approximate surface area is 165 Å². The second kappa shape index (κ2) is 9.76. The summed E-state index contributed by atoms with van der Waals surface area (Å²) in [5.74, 6) is 0.749. The smallest absolute Gasteiger partial charge is 0.409 e. The van der Waals surface area contributed by atoms with Crippen molar-refractivity contribution in [2.45, 2.75) is 78.3 Å². The Morgan fingerprint density at radius 2 is 1.74 bits per heavy atom. The summed E-state index contributed by atoms with van der Waals surface area (Å²) < 4.78 is 5.14. The van der Waals surface area contributed by atoms with E-state index in [1.807, 2.05) is 11.8 Å². The zero-order valence-electron chi connectivity index (χ0n) is 17.9. The molecular formula is C21H39N3O3. The molecule has 6 nitrogen and oxygen atoms in total. The molecule has 1 unspecified atom stereocenters. The summed E-state index contributed by atoms with van der Waals surface area (Å²) in [6.45, 7) is 14.3. The lowest BCUT2D eigenvalue weighted by atomic mass is 9.88. The first-order valence-electron chi connectivity index (χ1n) is 10.7. The fourth-order valence-corrected chi connectivity index (χ4v) is 3.93. The fourth-order valence-electron chi connectivity index (χ4n) is 3.93.